The Morgan fingerprint density at radius 2 is 1.84 bits per heavy atom. The van der Waals surface area contributed by atoms with E-state index < -0.39 is 0 Å². The number of piperazine rings is 1. The van der Waals surface area contributed by atoms with Gasteiger partial charge in [0.1, 0.15) is 0 Å². The van der Waals surface area contributed by atoms with Crippen LogP contribution < -0.4 is 10.2 Å². The summed E-state index contributed by atoms with van der Waals surface area (Å²) in [5.41, 5.74) is 4.41. The highest BCUT2D eigenvalue weighted by atomic mass is 16.2. The number of nitrogens with zero attached hydrogens (tertiary/aromatic N) is 1. The number of anilines is 1. The summed E-state index contributed by atoms with van der Waals surface area (Å²) < 4.78 is 0. The molecule has 0 aliphatic carbocycles. The number of aliphatic hydroxyl groups excluding tert-OH is 1. The molecule has 0 saturated carbocycles. The molecule has 0 unspecified atom stereocenters. The zero-order valence-electron chi connectivity index (χ0n) is 12.7. The number of hydrogen-bond acceptors (Lipinski definition) is 3. The summed E-state index contributed by atoms with van der Waals surface area (Å²) in [6, 6.07) is 7.00. The van der Waals surface area contributed by atoms with E-state index in [2.05, 4.69) is 49.2 Å². The van der Waals surface area contributed by atoms with Crippen LogP contribution in [0.3, 0.4) is 0 Å². The van der Waals surface area contributed by atoms with Gasteiger partial charge in [0.2, 0.25) is 0 Å². The van der Waals surface area contributed by atoms with Crippen LogP contribution in [-0.4, -0.2) is 38.4 Å². The van der Waals surface area contributed by atoms with E-state index in [1.165, 1.54) is 16.8 Å². The van der Waals surface area contributed by atoms with E-state index >= 15 is 0 Å². The Morgan fingerprint density at radius 3 is 2.37 bits per heavy atom. The third-order valence-electron chi connectivity index (χ3n) is 3.61. The molecule has 1 aliphatic heterocycles. The fraction of sp³-hybridized carbons (Fsp3) is 0.625. The van der Waals surface area contributed by atoms with Gasteiger partial charge in [-0.15, -0.1) is 0 Å². The van der Waals surface area contributed by atoms with Gasteiger partial charge < -0.3 is 15.3 Å². The topological polar surface area (TPSA) is 35.5 Å². The SMILES string of the molecule is CCc1cc(N2CCNCC2)ccc1C(C)C.CO. The van der Waals surface area contributed by atoms with E-state index in [9.17, 15) is 0 Å². The summed E-state index contributed by atoms with van der Waals surface area (Å²) in [6.45, 7) is 11.3. The fourth-order valence-electron chi connectivity index (χ4n) is 2.58. The zero-order valence-corrected chi connectivity index (χ0v) is 12.7. The van der Waals surface area contributed by atoms with Crippen molar-refractivity contribution in [2.24, 2.45) is 0 Å². The maximum atomic E-state index is 7.00. The van der Waals surface area contributed by atoms with Gasteiger partial charge in [-0.25, -0.2) is 0 Å². The van der Waals surface area contributed by atoms with Gasteiger partial charge in [-0.1, -0.05) is 26.8 Å². The lowest BCUT2D eigenvalue weighted by molar-refractivity contribution is 0.399. The molecule has 0 atom stereocenters. The van der Waals surface area contributed by atoms with E-state index in [0.29, 0.717) is 5.92 Å². The van der Waals surface area contributed by atoms with E-state index in [1.807, 2.05) is 0 Å². The minimum atomic E-state index is 0.627. The Kier molecular flexibility index (Phi) is 6.89. The third-order valence-corrected chi connectivity index (χ3v) is 3.61. The van der Waals surface area contributed by atoms with Crippen LogP contribution in [0.4, 0.5) is 5.69 Å². The van der Waals surface area contributed by atoms with Gasteiger partial charge >= 0.3 is 0 Å². The molecule has 1 aliphatic rings. The lowest BCUT2D eigenvalue weighted by Gasteiger charge is -2.30. The van der Waals surface area contributed by atoms with Gasteiger partial charge in [-0.3, -0.25) is 0 Å². The second kappa shape index (κ2) is 8.18. The molecule has 0 bridgehead atoms. The molecule has 2 N–H and O–H groups in total. The number of aryl methyl sites for hydroxylation is 1. The first-order valence-electron chi connectivity index (χ1n) is 7.25. The zero-order chi connectivity index (χ0) is 14.3. The van der Waals surface area contributed by atoms with E-state index in [4.69, 9.17) is 5.11 Å². The predicted molar refractivity (Wildman–Crippen MR) is 83.1 cm³/mol. The molecule has 1 fully saturated rings. The largest absolute Gasteiger partial charge is 0.400 e. The number of hydrogen-bond donors (Lipinski definition) is 2. The number of aliphatic hydroxyl groups is 1. The Morgan fingerprint density at radius 1 is 1.21 bits per heavy atom. The van der Waals surface area contributed by atoms with Gasteiger partial charge in [-0.05, 0) is 35.6 Å². The Bertz CT molecular complexity index is 371. The summed E-state index contributed by atoms with van der Waals surface area (Å²) in [5, 5.41) is 10.4. The monoisotopic (exact) mass is 264 g/mol. The van der Waals surface area contributed by atoms with Crippen LogP contribution in [0.25, 0.3) is 0 Å². The van der Waals surface area contributed by atoms with Gasteiger partial charge in [0.25, 0.3) is 0 Å². The Labute approximate surface area is 117 Å². The van der Waals surface area contributed by atoms with Gasteiger partial charge in [0.05, 0.1) is 0 Å². The van der Waals surface area contributed by atoms with Crippen LogP contribution in [0.15, 0.2) is 18.2 Å². The second-order valence-electron chi connectivity index (χ2n) is 5.13. The molecule has 2 rings (SSSR count). The van der Waals surface area contributed by atoms with Gasteiger partial charge in [0.15, 0.2) is 0 Å². The molecule has 1 heterocycles. The van der Waals surface area contributed by atoms with Crippen molar-refractivity contribution in [3.8, 4) is 0 Å². The minimum absolute atomic E-state index is 0.627. The standard InChI is InChI=1S/C15H24N2.CH4O/c1-4-13-11-14(5-6-15(13)12(2)3)17-9-7-16-8-10-17;1-2/h5-6,11-12,16H,4,7-10H2,1-3H3;2H,1H3. The van der Waals surface area contributed by atoms with Crippen molar-refractivity contribution in [3.63, 3.8) is 0 Å². The lowest BCUT2D eigenvalue weighted by Crippen LogP contribution is -2.43. The summed E-state index contributed by atoms with van der Waals surface area (Å²) >= 11 is 0. The number of rotatable bonds is 3. The normalized spacial score (nSPS) is 15.2. The third kappa shape index (κ3) is 4.22. The van der Waals surface area contributed by atoms with Gasteiger partial charge in [0, 0.05) is 39.0 Å². The molecule has 3 nitrogen and oxygen atoms in total. The lowest BCUT2D eigenvalue weighted by atomic mass is 9.95. The first-order valence-corrected chi connectivity index (χ1v) is 7.25. The molecule has 0 spiro atoms. The molecule has 3 heteroatoms. The fourth-order valence-corrected chi connectivity index (χ4v) is 2.58. The summed E-state index contributed by atoms with van der Waals surface area (Å²) in [5.74, 6) is 0.627. The molecule has 0 aromatic heterocycles. The highest BCUT2D eigenvalue weighted by molar-refractivity contribution is 5.52. The molecule has 0 amide bonds. The minimum Gasteiger partial charge on any atom is -0.400 e. The van der Waals surface area contributed by atoms with Crippen LogP contribution >= 0.6 is 0 Å². The van der Waals surface area contributed by atoms with Crippen molar-refractivity contribution >= 4 is 5.69 Å². The average molecular weight is 264 g/mol. The summed E-state index contributed by atoms with van der Waals surface area (Å²) in [4.78, 5) is 2.49. The molecular formula is C16H28N2O. The van der Waals surface area contributed by atoms with Crippen molar-refractivity contribution in [2.75, 3.05) is 38.2 Å². The number of benzene rings is 1. The molecule has 19 heavy (non-hydrogen) atoms. The van der Waals surface area contributed by atoms with E-state index in [-0.39, 0.29) is 0 Å². The van der Waals surface area contributed by atoms with E-state index in [0.717, 1.165) is 39.7 Å². The molecule has 0 radical (unpaired) electrons. The molecule has 1 saturated heterocycles. The van der Waals surface area contributed by atoms with Gasteiger partial charge in [-0.2, -0.15) is 0 Å². The number of nitrogens with one attached hydrogen (secondary N) is 1. The van der Waals surface area contributed by atoms with Crippen LogP contribution in [0, 0.1) is 0 Å². The molecule has 1 aromatic carbocycles. The maximum absolute atomic E-state index is 7.00. The van der Waals surface area contributed by atoms with Crippen molar-refractivity contribution in [1.82, 2.24) is 5.32 Å². The second-order valence-corrected chi connectivity index (χ2v) is 5.13. The highest BCUT2D eigenvalue weighted by Gasteiger charge is 2.12. The van der Waals surface area contributed by atoms with Crippen LogP contribution in [0.2, 0.25) is 0 Å². The Balaban J connectivity index is 0.000000861. The van der Waals surface area contributed by atoms with Crippen molar-refractivity contribution in [2.45, 2.75) is 33.1 Å². The highest BCUT2D eigenvalue weighted by Crippen LogP contribution is 2.25. The first kappa shape index (κ1) is 16.0. The molecule has 1 aromatic rings. The quantitative estimate of drug-likeness (QED) is 0.880. The molecular weight excluding hydrogens is 236 g/mol. The van der Waals surface area contributed by atoms with Crippen LogP contribution in [0.1, 0.15) is 37.8 Å². The Hall–Kier alpha value is -1.06. The van der Waals surface area contributed by atoms with E-state index in [1.54, 1.807) is 0 Å². The van der Waals surface area contributed by atoms with Crippen molar-refractivity contribution in [1.29, 1.82) is 0 Å². The predicted octanol–water partition coefficient (Wildman–Crippen LogP) is 2.39. The first-order chi connectivity index (χ1) is 9.22. The summed E-state index contributed by atoms with van der Waals surface area (Å²) in [7, 11) is 1.00. The smallest absolute Gasteiger partial charge is 0.0370 e. The van der Waals surface area contributed by atoms with Crippen molar-refractivity contribution < 1.29 is 5.11 Å². The molecule has 108 valence electrons. The van der Waals surface area contributed by atoms with Crippen LogP contribution in [0.5, 0.6) is 0 Å². The van der Waals surface area contributed by atoms with Crippen molar-refractivity contribution in [3.05, 3.63) is 29.3 Å². The van der Waals surface area contributed by atoms with Crippen LogP contribution in [-0.2, 0) is 6.42 Å². The summed E-state index contributed by atoms with van der Waals surface area (Å²) in [6.07, 6.45) is 1.13. The maximum Gasteiger partial charge on any atom is 0.0370 e. The average Bonchev–Trinajstić information content (AvgIpc) is 2.49.